The molecule has 0 atom stereocenters. The maximum atomic E-state index is 4.48. The lowest BCUT2D eigenvalue weighted by Gasteiger charge is -2.13. The number of aryl methyl sites for hydroxylation is 1. The van der Waals surface area contributed by atoms with Crippen molar-refractivity contribution in [3.05, 3.63) is 39.9 Å². The molecule has 19 heavy (non-hydrogen) atoms. The van der Waals surface area contributed by atoms with Crippen molar-refractivity contribution in [2.24, 2.45) is 0 Å². The third kappa shape index (κ3) is 4.08. The first-order valence-corrected chi connectivity index (χ1v) is 7.21. The van der Waals surface area contributed by atoms with E-state index in [1.165, 1.54) is 9.88 Å². The second-order valence-corrected chi connectivity index (χ2v) is 6.70. The largest absolute Gasteiger partial charge is 0.306 e. The van der Waals surface area contributed by atoms with Crippen LogP contribution in [0.25, 0.3) is 0 Å². The predicted molar refractivity (Wildman–Crippen MR) is 78.1 cm³/mol. The molecule has 2 aromatic heterocycles. The van der Waals surface area contributed by atoms with E-state index in [0.29, 0.717) is 0 Å². The average Bonchev–Trinajstić information content (AvgIpc) is 2.77. The van der Waals surface area contributed by atoms with E-state index in [4.69, 9.17) is 0 Å². The van der Waals surface area contributed by atoms with Crippen molar-refractivity contribution in [2.45, 2.75) is 46.2 Å². The van der Waals surface area contributed by atoms with Gasteiger partial charge >= 0.3 is 0 Å². The van der Waals surface area contributed by atoms with Gasteiger partial charge in [0.15, 0.2) is 0 Å². The maximum Gasteiger partial charge on any atom is 0.125 e. The van der Waals surface area contributed by atoms with Gasteiger partial charge in [-0.15, -0.1) is 11.3 Å². The van der Waals surface area contributed by atoms with Gasteiger partial charge in [-0.1, -0.05) is 20.8 Å². The van der Waals surface area contributed by atoms with Crippen LogP contribution in [0.1, 0.15) is 42.2 Å². The third-order valence-electron chi connectivity index (χ3n) is 2.63. The lowest BCUT2D eigenvalue weighted by atomic mass is 9.98. The zero-order valence-corrected chi connectivity index (χ0v) is 12.7. The Morgan fingerprint density at radius 1 is 1.21 bits per heavy atom. The Kier molecular flexibility index (Phi) is 4.27. The highest BCUT2D eigenvalue weighted by Gasteiger charge is 2.17. The molecule has 102 valence electrons. The molecule has 0 amide bonds. The number of nitrogens with one attached hydrogen (secondary N) is 1. The van der Waals surface area contributed by atoms with Crippen LogP contribution in [0, 0.1) is 6.92 Å². The van der Waals surface area contributed by atoms with Crippen LogP contribution in [0.3, 0.4) is 0 Å². The summed E-state index contributed by atoms with van der Waals surface area (Å²) in [6.45, 7) is 10.1. The molecule has 2 heterocycles. The molecule has 0 aliphatic heterocycles. The van der Waals surface area contributed by atoms with Crippen LogP contribution < -0.4 is 5.32 Å². The average molecular weight is 276 g/mol. The summed E-state index contributed by atoms with van der Waals surface area (Å²) in [6, 6.07) is 1.94. The minimum atomic E-state index is 0.132. The Balaban J connectivity index is 1.88. The van der Waals surface area contributed by atoms with Crippen LogP contribution in [0.5, 0.6) is 0 Å². The number of aromatic nitrogens is 3. The zero-order chi connectivity index (χ0) is 13.9. The summed E-state index contributed by atoms with van der Waals surface area (Å²) in [7, 11) is 0. The van der Waals surface area contributed by atoms with E-state index in [1.54, 1.807) is 17.5 Å². The Hall–Kier alpha value is -1.33. The first-order chi connectivity index (χ1) is 8.95. The van der Waals surface area contributed by atoms with Crippen LogP contribution >= 0.6 is 11.3 Å². The molecule has 0 aliphatic carbocycles. The Morgan fingerprint density at radius 2 is 2.00 bits per heavy atom. The predicted octanol–water partition coefficient (Wildman–Crippen LogP) is 2.83. The van der Waals surface area contributed by atoms with E-state index in [1.807, 2.05) is 19.2 Å². The molecule has 0 spiro atoms. The quantitative estimate of drug-likeness (QED) is 0.933. The molecule has 0 radical (unpaired) electrons. The SMILES string of the molecule is Cc1nccc(CNCc2cnc(C(C)(C)C)s2)n1. The van der Waals surface area contributed by atoms with Gasteiger partial charge in [0.2, 0.25) is 0 Å². The second kappa shape index (κ2) is 5.75. The molecule has 5 heteroatoms. The van der Waals surface area contributed by atoms with E-state index in [-0.39, 0.29) is 5.41 Å². The van der Waals surface area contributed by atoms with Gasteiger partial charge in [0.05, 0.1) is 10.7 Å². The van der Waals surface area contributed by atoms with Crippen LogP contribution in [0.4, 0.5) is 0 Å². The molecule has 0 aromatic carbocycles. The van der Waals surface area contributed by atoms with Crippen molar-refractivity contribution in [1.29, 1.82) is 0 Å². The minimum absolute atomic E-state index is 0.132. The van der Waals surface area contributed by atoms with E-state index in [9.17, 15) is 0 Å². The van der Waals surface area contributed by atoms with E-state index >= 15 is 0 Å². The number of hydrogen-bond acceptors (Lipinski definition) is 5. The number of nitrogens with zero attached hydrogens (tertiary/aromatic N) is 3. The fourth-order valence-corrected chi connectivity index (χ4v) is 2.59. The second-order valence-electron chi connectivity index (χ2n) is 5.58. The van der Waals surface area contributed by atoms with Gasteiger partial charge in [0.25, 0.3) is 0 Å². The van der Waals surface area contributed by atoms with Gasteiger partial charge in [0, 0.05) is 35.8 Å². The van der Waals surface area contributed by atoms with Crippen molar-refractivity contribution < 1.29 is 0 Å². The molecule has 0 saturated heterocycles. The smallest absolute Gasteiger partial charge is 0.125 e. The Bertz CT molecular complexity index is 542. The highest BCUT2D eigenvalue weighted by atomic mass is 32.1. The third-order valence-corrected chi connectivity index (χ3v) is 4.06. The van der Waals surface area contributed by atoms with Crippen molar-refractivity contribution >= 4 is 11.3 Å². The highest BCUT2D eigenvalue weighted by molar-refractivity contribution is 7.11. The lowest BCUT2D eigenvalue weighted by Crippen LogP contribution is -2.13. The highest BCUT2D eigenvalue weighted by Crippen LogP contribution is 2.26. The molecule has 0 bridgehead atoms. The monoisotopic (exact) mass is 276 g/mol. The summed E-state index contributed by atoms with van der Waals surface area (Å²) in [6.07, 6.45) is 3.76. The summed E-state index contributed by atoms with van der Waals surface area (Å²) in [5.74, 6) is 0.812. The molecule has 2 rings (SSSR count). The standard InChI is InChI=1S/C14H20N4S/c1-10-16-6-5-11(18-10)7-15-8-12-9-17-13(19-12)14(2,3)4/h5-6,9,15H,7-8H2,1-4H3. The normalized spacial score (nSPS) is 11.8. The van der Waals surface area contributed by atoms with Crippen LogP contribution in [0.2, 0.25) is 0 Å². The molecule has 4 nitrogen and oxygen atoms in total. The van der Waals surface area contributed by atoms with Crippen molar-refractivity contribution in [1.82, 2.24) is 20.3 Å². The first kappa shape index (κ1) is 14.1. The maximum absolute atomic E-state index is 4.48. The fraction of sp³-hybridized carbons (Fsp3) is 0.500. The van der Waals surface area contributed by atoms with Crippen LogP contribution in [0.15, 0.2) is 18.5 Å². The van der Waals surface area contributed by atoms with Crippen molar-refractivity contribution in [2.75, 3.05) is 0 Å². The van der Waals surface area contributed by atoms with Crippen molar-refractivity contribution in [3.8, 4) is 0 Å². The van der Waals surface area contributed by atoms with E-state index < -0.39 is 0 Å². The summed E-state index contributed by atoms with van der Waals surface area (Å²) in [5, 5.41) is 4.57. The van der Waals surface area contributed by atoms with Crippen LogP contribution in [-0.4, -0.2) is 15.0 Å². The molecule has 0 unspecified atom stereocenters. The zero-order valence-electron chi connectivity index (χ0n) is 11.9. The summed E-state index contributed by atoms with van der Waals surface area (Å²) in [4.78, 5) is 14.2. The first-order valence-electron chi connectivity index (χ1n) is 6.39. The van der Waals surface area contributed by atoms with E-state index in [0.717, 1.165) is 24.6 Å². The van der Waals surface area contributed by atoms with Gasteiger partial charge in [-0.25, -0.2) is 15.0 Å². The van der Waals surface area contributed by atoms with Gasteiger partial charge in [-0.05, 0) is 13.0 Å². The molecule has 0 fully saturated rings. The lowest BCUT2D eigenvalue weighted by molar-refractivity contribution is 0.585. The van der Waals surface area contributed by atoms with Crippen LogP contribution in [-0.2, 0) is 18.5 Å². The van der Waals surface area contributed by atoms with Gasteiger partial charge in [-0.2, -0.15) is 0 Å². The topological polar surface area (TPSA) is 50.7 Å². The molecule has 0 saturated carbocycles. The number of rotatable bonds is 4. The summed E-state index contributed by atoms with van der Waals surface area (Å²) < 4.78 is 0. The molecular formula is C14H20N4S. The Morgan fingerprint density at radius 3 is 2.63 bits per heavy atom. The van der Waals surface area contributed by atoms with Gasteiger partial charge in [-0.3, -0.25) is 0 Å². The Labute approximate surface area is 118 Å². The molecule has 0 aliphatic rings. The summed E-state index contributed by atoms with van der Waals surface area (Å²) >= 11 is 1.77. The number of hydrogen-bond donors (Lipinski definition) is 1. The number of thiazole rings is 1. The van der Waals surface area contributed by atoms with Crippen molar-refractivity contribution in [3.63, 3.8) is 0 Å². The minimum Gasteiger partial charge on any atom is -0.306 e. The molecular weight excluding hydrogens is 256 g/mol. The fourth-order valence-electron chi connectivity index (χ4n) is 1.65. The van der Waals surface area contributed by atoms with Gasteiger partial charge < -0.3 is 5.32 Å². The summed E-state index contributed by atoms with van der Waals surface area (Å²) in [5.41, 5.74) is 1.15. The molecule has 1 N–H and O–H groups in total. The molecule has 2 aromatic rings. The van der Waals surface area contributed by atoms with E-state index in [2.05, 4.69) is 41.0 Å². The van der Waals surface area contributed by atoms with Gasteiger partial charge in [0.1, 0.15) is 5.82 Å².